The molecule has 1 heterocycles. The molecule has 0 atom stereocenters. The number of rotatable bonds is 2. The third kappa shape index (κ3) is 1.92. The Hall–Kier alpha value is -1.98. The smallest absolute Gasteiger partial charge is 0.256 e. The van der Waals surface area contributed by atoms with Gasteiger partial charge in [0.15, 0.2) is 0 Å². The van der Waals surface area contributed by atoms with Crippen LogP contribution in [0, 0.1) is 11.6 Å². The molecule has 6 heteroatoms. The van der Waals surface area contributed by atoms with E-state index in [0.717, 1.165) is 23.9 Å². The highest BCUT2D eigenvalue weighted by atomic mass is 19.1. The minimum atomic E-state index is -1.21. The van der Waals surface area contributed by atoms with Gasteiger partial charge in [-0.15, -0.1) is 0 Å². The van der Waals surface area contributed by atoms with E-state index in [4.69, 9.17) is 0 Å². The maximum Gasteiger partial charge on any atom is 0.256 e. The molecule has 0 aromatic heterocycles. The predicted molar refractivity (Wildman–Crippen MR) is 72.7 cm³/mol. The van der Waals surface area contributed by atoms with Crippen molar-refractivity contribution in [3.05, 3.63) is 28.8 Å². The lowest BCUT2D eigenvalue weighted by Gasteiger charge is -2.20. The van der Waals surface area contributed by atoms with Crippen molar-refractivity contribution >= 4 is 17.5 Å². The van der Waals surface area contributed by atoms with E-state index in [1.54, 1.807) is 0 Å². The van der Waals surface area contributed by atoms with Crippen LogP contribution in [0.3, 0.4) is 0 Å². The molecule has 1 aromatic carbocycles. The van der Waals surface area contributed by atoms with Crippen LogP contribution < -0.4 is 10.4 Å². The number of benzene rings is 1. The highest BCUT2D eigenvalue weighted by Gasteiger charge is 2.49. The van der Waals surface area contributed by atoms with E-state index in [0.29, 0.717) is 5.56 Å². The molecule has 1 aromatic rings. The van der Waals surface area contributed by atoms with Crippen LogP contribution in [0.25, 0.3) is 0 Å². The second-order valence-electron chi connectivity index (χ2n) is 6.19. The number of carbonyl (C=O) groups excluding carboxylic acids is 2. The van der Waals surface area contributed by atoms with Gasteiger partial charge in [-0.25, -0.2) is 13.8 Å². The fourth-order valence-electron chi connectivity index (χ4n) is 2.87. The van der Waals surface area contributed by atoms with Crippen LogP contribution in [0.1, 0.15) is 50.7 Å². The zero-order chi connectivity index (χ0) is 15.5. The lowest BCUT2D eigenvalue weighted by Crippen LogP contribution is -2.47. The van der Waals surface area contributed by atoms with Crippen molar-refractivity contribution in [2.75, 3.05) is 5.01 Å². The van der Waals surface area contributed by atoms with E-state index in [9.17, 15) is 18.4 Å². The topological polar surface area (TPSA) is 49.4 Å². The van der Waals surface area contributed by atoms with Gasteiger partial charge in [0.2, 0.25) is 5.91 Å². The molecule has 112 valence electrons. The van der Waals surface area contributed by atoms with Crippen LogP contribution in [0.15, 0.2) is 6.07 Å². The Balaban J connectivity index is 2.23. The minimum absolute atomic E-state index is 0.0307. The first kappa shape index (κ1) is 14.0. The van der Waals surface area contributed by atoms with Crippen LogP contribution in [0.5, 0.6) is 0 Å². The molecule has 1 saturated carbocycles. The summed E-state index contributed by atoms with van der Waals surface area (Å²) in [7, 11) is 0. The fourth-order valence-corrected chi connectivity index (χ4v) is 2.87. The van der Waals surface area contributed by atoms with Gasteiger partial charge >= 0.3 is 0 Å². The second kappa shape index (κ2) is 4.26. The Bertz CT molecular complexity index is 666. The Kier molecular flexibility index (Phi) is 2.83. The van der Waals surface area contributed by atoms with Gasteiger partial charge in [0.1, 0.15) is 17.3 Å². The molecule has 2 aliphatic rings. The first-order valence-corrected chi connectivity index (χ1v) is 6.89. The first-order valence-electron chi connectivity index (χ1n) is 6.89. The summed E-state index contributed by atoms with van der Waals surface area (Å²) in [6, 6.07) is 1.15. The predicted octanol–water partition coefficient (Wildman–Crippen LogP) is 2.52. The lowest BCUT2D eigenvalue weighted by atomic mass is 9.84. The summed E-state index contributed by atoms with van der Waals surface area (Å²) in [4.78, 5) is 23.6. The standard InChI is InChI=1S/C15H16F2N2O2/c1-7(20)18-19-13-10(16)6-9(8-4-5-8)12(17)11(13)15(2,3)14(19)21/h6,8H,4-5H2,1-3H3,(H,18,20). The molecule has 1 N–H and O–H groups in total. The minimum Gasteiger partial charge on any atom is -0.274 e. The number of nitrogens with one attached hydrogen (secondary N) is 1. The zero-order valence-electron chi connectivity index (χ0n) is 12.1. The van der Waals surface area contributed by atoms with Gasteiger partial charge in [0.05, 0.1) is 5.41 Å². The number of hydrogen-bond donors (Lipinski definition) is 1. The van der Waals surface area contributed by atoms with Crippen molar-refractivity contribution in [2.24, 2.45) is 0 Å². The number of hydrogen-bond acceptors (Lipinski definition) is 2. The molecule has 2 amide bonds. The Morgan fingerprint density at radius 3 is 2.52 bits per heavy atom. The Morgan fingerprint density at radius 1 is 1.38 bits per heavy atom. The van der Waals surface area contributed by atoms with Crippen molar-refractivity contribution in [2.45, 2.75) is 44.9 Å². The highest BCUT2D eigenvalue weighted by molar-refractivity contribution is 6.08. The number of hydrazine groups is 1. The molecule has 1 aliphatic heterocycles. The van der Waals surface area contributed by atoms with E-state index in [2.05, 4.69) is 5.43 Å². The van der Waals surface area contributed by atoms with Crippen molar-refractivity contribution < 1.29 is 18.4 Å². The molecule has 1 aliphatic carbocycles. The van der Waals surface area contributed by atoms with Crippen LogP contribution in [0.2, 0.25) is 0 Å². The first-order chi connectivity index (χ1) is 9.75. The average molecular weight is 294 g/mol. The maximum absolute atomic E-state index is 14.8. The van der Waals surface area contributed by atoms with E-state index in [1.807, 2.05) is 0 Å². The van der Waals surface area contributed by atoms with E-state index < -0.39 is 28.9 Å². The Morgan fingerprint density at radius 2 is 2.00 bits per heavy atom. The second-order valence-corrected chi connectivity index (χ2v) is 6.19. The number of anilines is 1. The molecule has 21 heavy (non-hydrogen) atoms. The van der Waals surface area contributed by atoms with Crippen molar-refractivity contribution in [1.29, 1.82) is 0 Å². The number of nitrogens with zero attached hydrogens (tertiary/aromatic N) is 1. The van der Waals surface area contributed by atoms with Gasteiger partial charge < -0.3 is 0 Å². The number of carbonyl (C=O) groups is 2. The van der Waals surface area contributed by atoms with Crippen LogP contribution in [-0.4, -0.2) is 11.8 Å². The summed E-state index contributed by atoms with van der Waals surface area (Å²) >= 11 is 0. The molecule has 0 saturated heterocycles. The summed E-state index contributed by atoms with van der Waals surface area (Å²) in [6.45, 7) is 4.29. The van der Waals surface area contributed by atoms with Crippen molar-refractivity contribution in [3.63, 3.8) is 0 Å². The van der Waals surface area contributed by atoms with E-state index >= 15 is 0 Å². The molecule has 0 unspecified atom stereocenters. The van der Waals surface area contributed by atoms with Gasteiger partial charge in [0.25, 0.3) is 5.91 Å². The monoisotopic (exact) mass is 294 g/mol. The summed E-state index contributed by atoms with van der Waals surface area (Å²) in [6.07, 6.45) is 1.66. The van der Waals surface area contributed by atoms with Gasteiger partial charge in [-0.1, -0.05) is 0 Å². The average Bonchev–Trinajstić information content (AvgIpc) is 3.18. The molecule has 3 rings (SSSR count). The molecular formula is C15H16F2N2O2. The van der Waals surface area contributed by atoms with E-state index in [1.165, 1.54) is 20.8 Å². The van der Waals surface area contributed by atoms with Crippen LogP contribution in [0.4, 0.5) is 14.5 Å². The number of halogens is 2. The fraction of sp³-hybridized carbons (Fsp3) is 0.467. The lowest BCUT2D eigenvalue weighted by molar-refractivity contribution is -0.126. The quantitative estimate of drug-likeness (QED) is 0.911. The zero-order valence-corrected chi connectivity index (χ0v) is 12.1. The van der Waals surface area contributed by atoms with Crippen LogP contribution in [-0.2, 0) is 15.0 Å². The highest BCUT2D eigenvalue weighted by Crippen LogP contribution is 2.49. The largest absolute Gasteiger partial charge is 0.274 e. The third-order valence-corrected chi connectivity index (χ3v) is 4.09. The molecule has 0 radical (unpaired) electrons. The van der Waals surface area contributed by atoms with Crippen molar-refractivity contribution in [1.82, 2.24) is 5.43 Å². The normalized spacial score (nSPS) is 19.7. The summed E-state index contributed by atoms with van der Waals surface area (Å²) in [5.74, 6) is -2.23. The van der Waals surface area contributed by atoms with Crippen molar-refractivity contribution in [3.8, 4) is 0 Å². The molecule has 1 fully saturated rings. The SMILES string of the molecule is CC(=O)NN1C(=O)C(C)(C)c2c(F)c(C3CC3)cc(F)c21. The van der Waals surface area contributed by atoms with E-state index in [-0.39, 0.29) is 17.2 Å². The van der Waals surface area contributed by atoms with Gasteiger partial charge in [-0.3, -0.25) is 15.0 Å². The number of amides is 2. The van der Waals surface area contributed by atoms with Gasteiger partial charge in [-0.05, 0) is 44.2 Å². The molecular weight excluding hydrogens is 278 g/mol. The summed E-state index contributed by atoms with van der Waals surface area (Å²) < 4.78 is 29.2. The molecule has 0 bridgehead atoms. The number of fused-ring (bicyclic) bond motifs is 1. The third-order valence-electron chi connectivity index (χ3n) is 4.09. The molecule has 0 spiro atoms. The van der Waals surface area contributed by atoms with Gasteiger partial charge in [0, 0.05) is 12.5 Å². The van der Waals surface area contributed by atoms with Crippen LogP contribution >= 0.6 is 0 Å². The van der Waals surface area contributed by atoms with Gasteiger partial charge in [-0.2, -0.15) is 0 Å². The molecule has 4 nitrogen and oxygen atoms in total. The Labute approximate surface area is 121 Å². The summed E-state index contributed by atoms with van der Waals surface area (Å²) in [5.41, 5.74) is 1.24. The summed E-state index contributed by atoms with van der Waals surface area (Å²) in [5, 5.41) is 0.826. The maximum atomic E-state index is 14.8.